The number of nitrogens with one attached hydrogen (secondary N) is 1. The Labute approximate surface area is 166 Å². The summed E-state index contributed by atoms with van der Waals surface area (Å²) < 4.78 is 6.32. The third-order valence-electron chi connectivity index (χ3n) is 4.46. The Kier molecular flexibility index (Phi) is 6.13. The molecule has 0 aromatic heterocycles. The Hall–Kier alpha value is -2.09. The van der Waals surface area contributed by atoms with Crippen molar-refractivity contribution >= 4 is 34.4 Å². The molecule has 1 aliphatic rings. The molecule has 2 aromatic rings. The number of hydrogen-bond donors (Lipinski definition) is 1. The molecule has 1 aliphatic heterocycles. The van der Waals surface area contributed by atoms with Crippen molar-refractivity contribution in [3.05, 3.63) is 63.2 Å². The van der Waals surface area contributed by atoms with E-state index < -0.39 is 6.04 Å². The Balaban J connectivity index is 1.81. The maximum Gasteiger partial charge on any atom is 0.245 e. The van der Waals surface area contributed by atoms with Gasteiger partial charge in [-0.05, 0) is 39.8 Å². The normalized spacial score (nSPS) is 17.6. The van der Waals surface area contributed by atoms with Gasteiger partial charge in [-0.15, -0.1) is 0 Å². The number of nitrogens with zero attached hydrogens (tertiary/aromatic N) is 1. The van der Waals surface area contributed by atoms with Gasteiger partial charge in [-0.2, -0.15) is 0 Å². The van der Waals surface area contributed by atoms with Gasteiger partial charge in [0.25, 0.3) is 0 Å². The highest BCUT2D eigenvalue weighted by Gasteiger charge is 2.30. The summed E-state index contributed by atoms with van der Waals surface area (Å²) in [6.07, 6.45) is 0.773. The summed E-state index contributed by atoms with van der Waals surface area (Å²) >= 11 is 2.22. The summed E-state index contributed by atoms with van der Waals surface area (Å²) in [4.78, 5) is 26.9. The molecule has 2 aromatic carbocycles. The van der Waals surface area contributed by atoms with Crippen LogP contribution in [0.4, 0.5) is 0 Å². The van der Waals surface area contributed by atoms with Crippen molar-refractivity contribution < 1.29 is 14.3 Å². The van der Waals surface area contributed by atoms with Crippen LogP contribution >= 0.6 is 22.6 Å². The number of carbonyl (C=O) groups excluding carboxylic acids is 2. The lowest BCUT2D eigenvalue weighted by Gasteiger charge is -2.24. The van der Waals surface area contributed by atoms with E-state index in [1.807, 2.05) is 48.5 Å². The second-order valence-corrected chi connectivity index (χ2v) is 7.33. The smallest absolute Gasteiger partial charge is 0.245 e. The molecule has 6 heteroatoms. The number of ether oxygens (including phenoxy) is 1. The third-order valence-corrected chi connectivity index (χ3v) is 5.68. The van der Waals surface area contributed by atoms with E-state index >= 15 is 0 Å². The maximum atomic E-state index is 13.0. The van der Waals surface area contributed by atoms with Crippen LogP contribution in [-0.2, 0) is 22.6 Å². The molecule has 0 radical (unpaired) electrons. The number of hydrogen-bond acceptors (Lipinski definition) is 3. The van der Waals surface area contributed by atoms with Gasteiger partial charge in [-0.25, -0.2) is 0 Å². The zero-order chi connectivity index (χ0) is 18.5. The molecule has 136 valence electrons. The topological polar surface area (TPSA) is 58.6 Å². The minimum atomic E-state index is -0.561. The van der Waals surface area contributed by atoms with Gasteiger partial charge in [0.1, 0.15) is 11.8 Å². The molecule has 1 saturated heterocycles. The molecule has 0 bridgehead atoms. The first-order chi connectivity index (χ1) is 12.6. The molecule has 0 spiro atoms. The minimum absolute atomic E-state index is 0.0432. The van der Waals surface area contributed by atoms with E-state index in [2.05, 4.69) is 27.9 Å². The molecule has 2 amide bonds. The van der Waals surface area contributed by atoms with Crippen molar-refractivity contribution in [2.24, 2.45) is 0 Å². The summed E-state index contributed by atoms with van der Waals surface area (Å²) in [6.45, 7) is 0.950. The van der Waals surface area contributed by atoms with Crippen molar-refractivity contribution in [3.63, 3.8) is 0 Å². The number of benzene rings is 2. The summed E-state index contributed by atoms with van der Waals surface area (Å²) in [5.41, 5.74) is 2.05. The average molecular weight is 464 g/mol. The van der Waals surface area contributed by atoms with Crippen LogP contribution in [0, 0.1) is 3.57 Å². The molecule has 0 aliphatic carbocycles. The van der Waals surface area contributed by atoms with E-state index in [1.165, 1.54) is 0 Å². The fourth-order valence-electron chi connectivity index (χ4n) is 3.09. The Bertz CT molecular complexity index is 795. The van der Waals surface area contributed by atoms with Crippen LogP contribution in [0.5, 0.6) is 5.75 Å². The molecular formula is C20H21IN2O3. The molecular weight excluding hydrogens is 443 g/mol. The fourth-order valence-corrected chi connectivity index (χ4v) is 3.89. The predicted octanol–water partition coefficient (Wildman–Crippen LogP) is 2.76. The van der Waals surface area contributed by atoms with Crippen LogP contribution < -0.4 is 10.1 Å². The van der Waals surface area contributed by atoms with Gasteiger partial charge < -0.3 is 15.0 Å². The molecule has 0 saturated carbocycles. The van der Waals surface area contributed by atoms with Crippen LogP contribution in [0.3, 0.4) is 0 Å². The van der Waals surface area contributed by atoms with Crippen LogP contribution in [-0.4, -0.2) is 36.4 Å². The monoisotopic (exact) mass is 464 g/mol. The average Bonchev–Trinajstić information content (AvgIpc) is 2.78. The van der Waals surface area contributed by atoms with Crippen LogP contribution in [0.2, 0.25) is 0 Å². The van der Waals surface area contributed by atoms with E-state index in [1.54, 1.807) is 12.0 Å². The highest BCUT2D eigenvalue weighted by Crippen LogP contribution is 2.25. The van der Waals surface area contributed by atoms with E-state index in [-0.39, 0.29) is 11.8 Å². The highest BCUT2D eigenvalue weighted by molar-refractivity contribution is 14.1. The van der Waals surface area contributed by atoms with Gasteiger partial charge in [-0.3, -0.25) is 9.59 Å². The zero-order valence-electron chi connectivity index (χ0n) is 14.6. The van der Waals surface area contributed by atoms with Gasteiger partial charge in [0.05, 0.1) is 10.7 Å². The lowest BCUT2D eigenvalue weighted by molar-refractivity contribution is -0.134. The van der Waals surface area contributed by atoms with Gasteiger partial charge in [0, 0.05) is 25.9 Å². The van der Waals surface area contributed by atoms with Crippen LogP contribution in [0.25, 0.3) is 0 Å². The Morgan fingerprint density at radius 2 is 1.92 bits per heavy atom. The Morgan fingerprint density at radius 1 is 1.15 bits per heavy atom. The number of carbonyl (C=O) groups is 2. The van der Waals surface area contributed by atoms with E-state index in [0.29, 0.717) is 25.9 Å². The molecule has 1 unspecified atom stereocenters. The lowest BCUT2D eigenvalue weighted by atomic mass is 10.0. The standard InChI is InChI=1S/C20H21IN2O3/c1-26-17-9-5-8-15(19(17)21)12-16-20(25)23(11-10-18(24)22-16)13-14-6-3-2-4-7-14/h2-9,16H,10-13H2,1H3,(H,22,24). The molecule has 1 atom stereocenters. The van der Waals surface area contributed by atoms with Crippen molar-refractivity contribution in [3.8, 4) is 5.75 Å². The quantitative estimate of drug-likeness (QED) is 0.693. The third kappa shape index (κ3) is 4.35. The molecule has 3 rings (SSSR count). The molecule has 1 fully saturated rings. The number of rotatable bonds is 5. The van der Waals surface area contributed by atoms with Crippen LogP contribution in [0.1, 0.15) is 17.5 Å². The van der Waals surface area contributed by atoms with Crippen molar-refractivity contribution in [1.29, 1.82) is 0 Å². The van der Waals surface area contributed by atoms with Gasteiger partial charge in [0.2, 0.25) is 11.8 Å². The first kappa shape index (κ1) is 18.7. The number of halogens is 1. The molecule has 26 heavy (non-hydrogen) atoms. The van der Waals surface area contributed by atoms with Crippen LogP contribution in [0.15, 0.2) is 48.5 Å². The minimum Gasteiger partial charge on any atom is -0.496 e. The predicted molar refractivity (Wildman–Crippen MR) is 108 cm³/mol. The van der Waals surface area contributed by atoms with Gasteiger partial charge >= 0.3 is 0 Å². The first-order valence-electron chi connectivity index (χ1n) is 8.52. The van der Waals surface area contributed by atoms with Crippen molar-refractivity contribution in [1.82, 2.24) is 10.2 Å². The second kappa shape index (κ2) is 8.53. The Morgan fingerprint density at radius 3 is 2.65 bits per heavy atom. The number of amides is 2. The zero-order valence-corrected chi connectivity index (χ0v) is 16.7. The first-order valence-corrected chi connectivity index (χ1v) is 9.60. The largest absolute Gasteiger partial charge is 0.496 e. The van der Waals surface area contributed by atoms with Crippen molar-refractivity contribution in [2.75, 3.05) is 13.7 Å². The number of methoxy groups -OCH3 is 1. The van der Waals surface area contributed by atoms with Gasteiger partial charge in [-0.1, -0.05) is 42.5 Å². The molecule has 1 N–H and O–H groups in total. The van der Waals surface area contributed by atoms with E-state index in [0.717, 1.165) is 20.4 Å². The summed E-state index contributed by atoms with van der Waals surface area (Å²) in [7, 11) is 1.63. The van der Waals surface area contributed by atoms with E-state index in [4.69, 9.17) is 4.74 Å². The molecule has 1 heterocycles. The SMILES string of the molecule is COc1cccc(CC2NC(=O)CCN(Cc3ccccc3)C2=O)c1I. The van der Waals surface area contributed by atoms with Crippen molar-refractivity contribution in [2.45, 2.75) is 25.4 Å². The van der Waals surface area contributed by atoms with E-state index in [9.17, 15) is 9.59 Å². The fraction of sp³-hybridized carbons (Fsp3) is 0.300. The lowest BCUT2D eigenvalue weighted by Crippen LogP contribution is -2.45. The maximum absolute atomic E-state index is 13.0. The highest BCUT2D eigenvalue weighted by atomic mass is 127. The summed E-state index contributed by atoms with van der Waals surface area (Å²) in [6, 6.07) is 15.0. The molecule has 5 nitrogen and oxygen atoms in total. The summed E-state index contributed by atoms with van der Waals surface area (Å²) in [5, 5.41) is 2.88. The van der Waals surface area contributed by atoms with Gasteiger partial charge in [0.15, 0.2) is 0 Å². The second-order valence-electron chi connectivity index (χ2n) is 6.25. The summed E-state index contributed by atoms with van der Waals surface area (Å²) in [5.74, 6) is 0.645.